The van der Waals surface area contributed by atoms with Crippen LogP contribution >= 0.6 is 0 Å². The molecule has 0 fully saturated rings. The van der Waals surface area contributed by atoms with Gasteiger partial charge >= 0.3 is 5.97 Å². The van der Waals surface area contributed by atoms with Crippen molar-refractivity contribution in [2.45, 2.75) is 77.9 Å². The maximum absolute atomic E-state index is 11.8. The van der Waals surface area contributed by atoms with E-state index in [9.17, 15) is 9.59 Å². The van der Waals surface area contributed by atoms with Gasteiger partial charge in [0.25, 0.3) is 6.47 Å². The quantitative estimate of drug-likeness (QED) is 0.362. The van der Waals surface area contributed by atoms with Crippen LogP contribution in [0, 0.1) is 0 Å². The van der Waals surface area contributed by atoms with Crippen LogP contribution in [0.2, 0.25) is 0 Å². The Morgan fingerprint density at radius 3 is 2.28 bits per heavy atom. The summed E-state index contributed by atoms with van der Waals surface area (Å²) in [5.41, 5.74) is -0.552. The van der Waals surface area contributed by atoms with E-state index < -0.39 is 17.7 Å². The van der Waals surface area contributed by atoms with Crippen molar-refractivity contribution < 1.29 is 19.1 Å². The van der Waals surface area contributed by atoms with Gasteiger partial charge in [0.05, 0.1) is 0 Å². The van der Waals surface area contributed by atoms with E-state index in [0.29, 0.717) is 12.9 Å². The van der Waals surface area contributed by atoms with Crippen LogP contribution in [0.15, 0.2) is 0 Å². The van der Waals surface area contributed by atoms with Gasteiger partial charge in [0.2, 0.25) is 0 Å². The van der Waals surface area contributed by atoms with Crippen LogP contribution in [0.5, 0.6) is 0 Å². The van der Waals surface area contributed by atoms with E-state index in [1.165, 1.54) is 12.8 Å². The van der Waals surface area contributed by atoms with E-state index in [2.05, 4.69) is 6.92 Å². The zero-order valence-electron chi connectivity index (χ0n) is 12.0. The topological polar surface area (TPSA) is 52.6 Å². The highest BCUT2D eigenvalue weighted by molar-refractivity contribution is 5.76. The van der Waals surface area contributed by atoms with E-state index in [1.807, 2.05) is 0 Å². The van der Waals surface area contributed by atoms with Crippen molar-refractivity contribution in [2.24, 2.45) is 0 Å². The Balaban J connectivity index is 4.05. The number of carbonyl (C=O) groups is 2. The summed E-state index contributed by atoms with van der Waals surface area (Å²) in [7, 11) is 0. The van der Waals surface area contributed by atoms with Gasteiger partial charge in [0.1, 0.15) is 5.60 Å². The van der Waals surface area contributed by atoms with Gasteiger partial charge in [-0.1, -0.05) is 32.6 Å². The smallest absolute Gasteiger partial charge is 0.347 e. The van der Waals surface area contributed by atoms with Crippen molar-refractivity contribution in [3.8, 4) is 0 Å². The largest absolute Gasteiger partial charge is 0.457 e. The number of unbranched alkanes of at least 4 members (excludes halogenated alkanes) is 4. The zero-order chi connectivity index (χ0) is 14.0. The number of ether oxygens (including phenoxy) is 2. The van der Waals surface area contributed by atoms with Gasteiger partial charge < -0.3 is 9.47 Å². The lowest BCUT2D eigenvalue weighted by atomic mass is 10.1. The van der Waals surface area contributed by atoms with Crippen molar-refractivity contribution in [3.05, 3.63) is 0 Å². The fourth-order valence-electron chi connectivity index (χ4n) is 1.61. The first-order chi connectivity index (χ1) is 8.40. The Morgan fingerprint density at radius 1 is 1.17 bits per heavy atom. The molecular weight excluding hydrogens is 232 g/mol. The van der Waals surface area contributed by atoms with Gasteiger partial charge in [-0.05, 0) is 33.6 Å². The minimum Gasteiger partial charge on any atom is -0.457 e. The van der Waals surface area contributed by atoms with Gasteiger partial charge in [-0.15, -0.1) is 0 Å². The first-order valence-electron chi connectivity index (χ1n) is 6.72. The number of hydrogen-bond acceptors (Lipinski definition) is 4. The molecule has 0 radical (unpaired) electrons. The summed E-state index contributed by atoms with van der Waals surface area (Å²) in [6.45, 7) is 7.86. The van der Waals surface area contributed by atoms with E-state index in [4.69, 9.17) is 9.47 Å². The molecule has 0 heterocycles. The molecule has 0 aromatic heterocycles. The first kappa shape index (κ1) is 16.9. The molecule has 0 saturated carbocycles. The molecule has 18 heavy (non-hydrogen) atoms. The van der Waals surface area contributed by atoms with Gasteiger partial charge in [0.15, 0.2) is 6.10 Å². The molecule has 1 unspecified atom stereocenters. The molecule has 4 heteroatoms. The second-order valence-corrected chi connectivity index (χ2v) is 5.46. The molecule has 4 nitrogen and oxygen atoms in total. The molecule has 0 N–H and O–H groups in total. The number of esters is 1. The fourth-order valence-corrected chi connectivity index (χ4v) is 1.61. The van der Waals surface area contributed by atoms with Crippen molar-refractivity contribution in [1.29, 1.82) is 0 Å². The molecule has 0 aliphatic carbocycles. The summed E-state index contributed by atoms with van der Waals surface area (Å²) in [4.78, 5) is 22.2. The second kappa shape index (κ2) is 8.95. The minimum atomic E-state index is -0.761. The Bertz CT molecular complexity index is 243. The maximum atomic E-state index is 11.8. The third kappa shape index (κ3) is 9.02. The average Bonchev–Trinajstić information content (AvgIpc) is 2.25. The summed E-state index contributed by atoms with van der Waals surface area (Å²) in [5, 5.41) is 0. The summed E-state index contributed by atoms with van der Waals surface area (Å²) >= 11 is 0. The monoisotopic (exact) mass is 258 g/mol. The minimum absolute atomic E-state index is 0.320. The summed E-state index contributed by atoms with van der Waals surface area (Å²) < 4.78 is 10.0. The van der Waals surface area contributed by atoms with Gasteiger partial charge in [-0.3, -0.25) is 4.79 Å². The molecule has 0 saturated heterocycles. The lowest BCUT2D eigenvalue weighted by Crippen LogP contribution is -2.33. The van der Waals surface area contributed by atoms with Crippen LogP contribution in [0.1, 0.15) is 66.2 Å². The summed E-state index contributed by atoms with van der Waals surface area (Å²) in [6, 6.07) is 0. The molecule has 0 aromatic rings. The second-order valence-electron chi connectivity index (χ2n) is 5.46. The van der Waals surface area contributed by atoms with Crippen LogP contribution in [0.4, 0.5) is 0 Å². The highest BCUT2D eigenvalue weighted by Crippen LogP contribution is 2.14. The van der Waals surface area contributed by atoms with E-state index >= 15 is 0 Å². The Kier molecular flexibility index (Phi) is 8.42. The van der Waals surface area contributed by atoms with Crippen molar-refractivity contribution >= 4 is 12.4 Å². The number of hydrogen-bond donors (Lipinski definition) is 0. The Morgan fingerprint density at radius 2 is 1.78 bits per heavy atom. The number of rotatable bonds is 9. The van der Waals surface area contributed by atoms with Crippen LogP contribution in [-0.4, -0.2) is 24.1 Å². The van der Waals surface area contributed by atoms with Crippen molar-refractivity contribution in [2.75, 3.05) is 0 Å². The third-order valence-corrected chi connectivity index (χ3v) is 2.46. The Hall–Kier alpha value is -1.06. The summed E-state index contributed by atoms with van der Waals surface area (Å²) in [6.07, 6.45) is 5.23. The zero-order valence-corrected chi connectivity index (χ0v) is 12.0. The highest BCUT2D eigenvalue weighted by Gasteiger charge is 2.25. The molecule has 0 aliphatic heterocycles. The molecule has 1 atom stereocenters. The molecule has 106 valence electrons. The summed E-state index contributed by atoms with van der Waals surface area (Å²) in [5.74, 6) is -0.454. The molecule has 0 amide bonds. The third-order valence-electron chi connectivity index (χ3n) is 2.46. The predicted molar refractivity (Wildman–Crippen MR) is 70.2 cm³/mol. The normalized spacial score (nSPS) is 12.9. The molecule has 0 spiro atoms. The number of carbonyl (C=O) groups excluding carboxylic acids is 2. The molecule has 0 aliphatic rings. The van der Waals surface area contributed by atoms with Gasteiger partial charge in [-0.25, -0.2) is 4.79 Å². The van der Waals surface area contributed by atoms with E-state index in [0.717, 1.165) is 19.3 Å². The van der Waals surface area contributed by atoms with E-state index in [1.54, 1.807) is 20.8 Å². The van der Waals surface area contributed by atoms with Crippen LogP contribution in [-0.2, 0) is 19.1 Å². The molecular formula is C14H26O4. The van der Waals surface area contributed by atoms with Crippen LogP contribution in [0.25, 0.3) is 0 Å². The fraction of sp³-hybridized carbons (Fsp3) is 0.857. The lowest BCUT2D eigenvalue weighted by molar-refractivity contribution is -0.171. The molecule has 0 rings (SSSR count). The van der Waals surface area contributed by atoms with Crippen molar-refractivity contribution in [3.63, 3.8) is 0 Å². The van der Waals surface area contributed by atoms with Gasteiger partial charge in [-0.2, -0.15) is 0 Å². The highest BCUT2D eigenvalue weighted by atomic mass is 16.6. The molecule has 0 aromatic carbocycles. The Labute approximate surface area is 110 Å². The standard InChI is InChI=1S/C14H26O4/c1-5-6-7-8-9-10-12(17-11-15)13(16)18-14(2,3)4/h11-12H,5-10H2,1-4H3. The van der Waals surface area contributed by atoms with Crippen LogP contribution in [0.3, 0.4) is 0 Å². The van der Waals surface area contributed by atoms with Crippen molar-refractivity contribution in [1.82, 2.24) is 0 Å². The van der Waals surface area contributed by atoms with Crippen LogP contribution < -0.4 is 0 Å². The maximum Gasteiger partial charge on any atom is 0.347 e. The van der Waals surface area contributed by atoms with E-state index in [-0.39, 0.29) is 0 Å². The van der Waals surface area contributed by atoms with Gasteiger partial charge in [0, 0.05) is 0 Å². The predicted octanol–water partition coefficient (Wildman–Crippen LogP) is 3.23. The first-order valence-corrected chi connectivity index (χ1v) is 6.72. The average molecular weight is 258 g/mol. The molecule has 0 bridgehead atoms. The lowest BCUT2D eigenvalue weighted by Gasteiger charge is -2.23. The SMILES string of the molecule is CCCCCCCC(OC=O)C(=O)OC(C)(C)C.